The Labute approximate surface area is 128 Å². The monoisotopic (exact) mass is 288 g/mol. The molecule has 0 heterocycles. The average Bonchev–Trinajstić information content (AvgIpc) is 3.05. The summed E-state index contributed by atoms with van der Waals surface area (Å²) in [6, 6.07) is 8.49. The number of aryl methyl sites for hydroxylation is 1. The molecule has 3 nitrogen and oxygen atoms in total. The van der Waals surface area contributed by atoms with Crippen molar-refractivity contribution in [3.63, 3.8) is 0 Å². The Morgan fingerprint density at radius 3 is 2.24 bits per heavy atom. The lowest BCUT2D eigenvalue weighted by atomic mass is 10.1. The van der Waals surface area contributed by atoms with Gasteiger partial charge in [-0.25, -0.2) is 0 Å². The fourth-order valence-corrected chi connectivity index (χ4v) is 2.61. The van der Waals surface area contributed by atoms with Gasteiger partial charge in [-0.05, 0) is 38.4 Å². The molecule has 0 aromatic heterocycles. The predicted molar refractivity (Wildman–Crippen MR) is 87.0 cm³/mol. The maximum absolute atomic E-state index is 12.7. The van der Waals surface area contributed by atoms with Crippen molar-refractivity contribution >= 4 is 5.91 Å². The molecule has 2 rings (SSSR count). The van der Waals surface area contributed by atoms with Gasteiger partial charge in [-0.1, -0.05) is 43.7 Å². The highest BCUT2D eigenvalue weighted by Crippen LogP contribution is 2.52. The second-order valence-corrected chi connectivity index (χ2v) is 7.29. The van der Waals surface area contributed by atoms with Crippen molar-refractivity contribution < 1.29 is 4.79 Å². The van der Waals surface area contributed by atoms with Crippen LogP contribution in [-0.2, 0) is 11.3 Å². The van der Waals surface area contributed by atoms with E-state index in [1.165, 1.54) is 11.1 Å². The van der Waals surface area contributed by atoms with E-state index < -0.39 is 0 Å². The molecule has 21 heavy (non-hydrogen) atoms. The fourth-order valence-electron chi connectivity index (χ4n) is 2.61. The van der Waals surface area contributed by atoms with Gasteiger partial charge in [0.15, 0.2) is 0 Å². The molecule has 1 saturated carbocycles. The first-order valence-electron chi connectivity index (χ1n) is 7.78. The molecule has 0 bridgehead atoms. The topological polar surface area (TPSA) is 23.6 Å². The van der Waals surface area contributed by atoms with E-state index in [0.29, 0.717) is 5.91 Å². The van der Waals surface area contributed by atoms with E-state index in [2.05, 4.69) is 64.0 Å². The molecule has 1 aliphatic carbocycles. The Morgan fingerprint density at radius 1 is 1.19 bits per heavy atom. The van der Waals surface area contributed by atoms with E-state index in [0.717, 1.165) is 26.1 Å². The van der Waals surface area contributed by atoms with Crippen LogP contribution in [-0.4, -0.2) is 42.9 Å². The molecular weight excluding hydrogens is 260 g/mol. The van der Waals surface area contributed by atoms with Crippen LogP contribution in [0, 0.1) is 18.3 Å². The molecule has 0 saturated heterocycles. The first-order valence-corrected chi connectivity index (χ1v) is 7.78. The molecule has 1 fully saturated rings. The number of benzene rings is 1. The molecule has 3 heteroatoms. The molecule has 1 aliphatic rings. The third-order valence-corrected chi connectivity index (χ3v) is 4.43. The summed E-state index contributed by atoms with van der Waals surface area (Å²) in [7, 11) is 4.10. The minimum Gasteiger partial charge on any atom is -0.337 e. The number of hydrogen-bond donors (Lipinski definition) is 0. The lowest BCUT2D eigenvalue weighted by molar-refractivity contribution is -0.134. The Balaban J connectivity index is 2.04. The predicted octanol–water partition coefficient (Wildman–Crippen LogP) is 2.93. The summed E-state index contributed by atoms with van der Waals surface area (Å²) >= 11 is 0. The molecule has 0 radical (unpaired) electrons. The van der Waals surface area contributed by atoms with Crippen LogP contribution in [0.4, 0.5) is 0 Å². The zero-order valence-electron chi connectivity index (χ0n) is 14.0. The van der Waals surface area contributed by atoms with Gasteiger partial charge in [-0.2, -0.15) is 0 Å². The second kappa shape index (κ2) is 6.18. The van der Waals surface area contributed by atoms with Crippen LogP contribution in [0.2, 0.25) is 0 Å². The number of carbonyl (C=O) groups excluding carboxylic acids is 1. The molecule has 1 aromatic carbocycles. The lowest BCUT2D eigenvalue weighted by Crippen LogP contribution is -2.37. The molecule has 0 N–H and O–H groups in total. The van der Waals surface area contributed by atoms with Gasteiger partial charge in [-0.3, -0.25) is 4.79 Å². The number of nitrogens with zero attached hydrogens (tertiary/aromatic N) is 2. The highest BCUT2D eigenvalue weighted by molar-refractivity contribution is 5.82. The smallest absolute Gasteiger partial charge is 0.226 e. The Hall–Kier alpha value is -1.35. The molecule has 1 amide bonds. The van der Waals surface area contributed by atoms with Crippen LogP contribution in [0.5, 0.6) is 0 Å². The first-order chi connectivity index (χ1) is 9.79. The zero-order chi connectivity index (χ0) is 15.6. The number of hydrogen-bond acceptors (Lipinski definition) is 2. The second-order valence-electron chi connectivity index (χ2n) is 7.29. The van der Waals surface area contributed by atoms with Gasteiger partial charge >= 0.3 is 0 Å². The van der Waals surface area contributed by atoms with Crippen LogP contribution < -0.4 is 0 Å². The third kappa shape index (κ3) is 4.31. The zero-order valence-corrected chi connectivity index (χ0v) is 14.0. The van der Waals surface area contributed by atoms with Gasteiger partial charge in [0.25, 0.3) is 0 Å². The Morgan fingerprint density at radius 2 is 1.76 bits per heavy atom. The summed E-state index contributed by atoms with van der Waals surface area (Å²) in [5.74, 6) is 0.535. The minimum absolute atomic E-state index is 0.195. The van der Waals surface area contributed by atoms with E-state index in [-0.39, 0.29) is 11.3 Å². The van der Waals surface area contributed by atoms with Gasteiger partial charge in [-0.15, -0.1) is 0 Å². The van der Waals surface area contributed by atoms with Gasteiger partial charge in [0.2, 0.25) is 5.91 Å². The van der Waals surface area contributed by atoms with Crippen molar-refractivity contribution in [2.45, 2.75) is 33.7 Å². The summed E-state index contributed by atoms with van der Waals surface area (Å²) in [6.45, 7) is 8.89. The third-order valence-electron chi connectivity index (χ3n) is 4.43. The van der Waals surface area contributed by atoms with E-state index in [1.807, 2.05) is 4.90 Å². The quantitative estimate of drug-likeness (QED) is 0.803. The van der Waals surface area contributed by atoms with Crippen LogP contribution in [0.25, 0.3) is 0 Å². The van der Waals surface area contributed by atoms with Crippen LogP contribution in [0.1, 0.15) is 31.4 Å². The highest BCUT2D eigenvalue weighted by atomic mass is 16.2. The van der Waals surface area contributed by atoms with E-state index >= 15 is 0 Å². The maximum atomic E-state index is 12.7. The molecular formula is C18H28N2O. The number of rotatable bonds is 6. The minimum atomic E-state index is 0.195. The molecule has 0 aliphatic heterocycles. The van der Waals surface area contributed by atoms with Gasteiger partial charge < -0.3 is 9.80 Å². The van der Waals surface area contributed by atoms with Crippen molar-refractivity contribution in [1.29, 1.82) is 0 Å². The largest absolute Gasteiger partial charge is 0.337 e. The summed E-state index contributed by atoms with van der Waals surface area (Å²) in [5.41, 5.74) is 2.67. The molecule has 116 valence electrons. The number of carbonyl (C=O) groups is 1. The summed E-state index contributed by atoms with van der Waals surface area (Å²) in [6.07, 6.45) is 1.03. The van der Waals surface area contributed by atoms with Gasteiger partial charge in [0.05, 0.1) is 0 Å². The van der Waals surface area contributed by atoms with Gasteiger partial charge in [0.1, 0.15) is 0 Å². The standard InChI is InChI=1S/C18H28N2O/c1-14-6-8-15(9-7-14)13-20(11-10-19(4)5)17(21)16-12-18(16,2)3/h6-9,16H,10-13H2,1-5H3. The van der Waals surface area contributed by atoms with E-state index in [4.69, 9.17) is 0 Å². The Kier molecular flexibility index (Phi) is 4.72. The number of likely N-dealkylation sites (N-methyl/N-ethyl adjacent to an activating group) is 1. The van der Waals surface area contributed by atoms with Crippen molar-refractivity contribution in [2.75, 3.05) is 27.2 Å². The van der Waals surface area contributed by atoms with E-state index in [9.17, 15) is 4.79 Å². The molecule has 0 spiro atoms. The SMILES string of the molecule is Cc1ccc(CN(CCN(C)C)C(=O)C2CC2(C)C)cc1. The number of amides is 1. The summed E-state index contributed by atoms with van der Waals surface area (Å²) in [5, 5.41) is 0. The Bertz CT molecular complexity index is 490. The van der Waals surface area contributed by atoms with Crippen molar-refractivity contribution in [2.24, 2.45) is 11.3 Å². The van der Waals surface area contributed by atoms with Crippen molar-refractivity contribution in [1.82, 2.24) is 9.80 Å². The van der Waals surface area contributed by atoms with Crippen molar-refractivity contribution in [3.05, 3.63) is 35.4 Å². The highest BCUT2D eigenvalue weighted by Gasteiger charge is 2.51. The fraction of sp³-hybridized carbons (Fsp3) is 0.611. The average molecular weight is 288 g/mol. The summed E-state index contributed by atoms with van der Waals surface area (Å²) in [4.78, 5) is 16.9. The maximum Gasteiger partial charge on any atom is 0.226 e. The van der Waals surface area contributed by atoms with Crippen LogP contribution >= 0.6 is 0 Å². The normalized spacial score (nSPS) is 19.6. The van der Waals surface area contributed by atoms with Crippen LogP contribution in [0.15, 0.2) is 24.3 Å². The molecule has 1 aromatic rings. The molecule has 1 unspecified atom stereocenters. The van der Waals surface area contributed by atoms with Crippen molar-refractivity contribution in [3.8, 4) is 0 Å². The first kappa shape index (κ1) is 16.0. The summed E-state index contributed by atoms with van der Waals surface area (Å²) < 4.78 is 0. The van der Waals surface area contributed by atoms with Gasteiger partial charge in [0, 0.05) is 25.6 Å². The molecule has 1 atom stereocenters. The van der Waals surface area contributed by atoms with E-state index in [1.54, 1.807) is 0 Å². The lowest BCUT2D eigenvalue weighted by Gasteiger charge is -2.25. The van der Waals surface area contributed by atoms with Crippen LogP contribution in [0.3, 0.4) is 0 Å².